The highest BCUT2D eigenvalue weighted by Gasteiger charge is 2.32. The summed E-state index contributed by atoms with van der Waals surface area (Å²) in [5, 5.41) is 16.6. The van der Waals surface area contributed by atoms with Crippen molar-refractivity contribution in [1.82, 2.24) is 9.97 Å². The first-order valence-electron chi connectivity index (χ1n) is 9.81. The Labute approximate surface area is 160 Å². The highest BCUT2D eigenvalue weighted by Crippen LogP contribution is 2.32. The number of aliphatic hydroxyl groups is 1. The number of anilines is 2. The van der Waals surface area contributed by atoms with Gasteiger partial charge in [-0.15, -0.1) is 0 Å². The van der Waals surface area contributed by atoms with Gasteiger partial charge in [0.25, 0.3) is 5.91 Å². The van der Waals surface area contributed by atoms with E-state index in [1.165, 1.54) is 6.20 Å². The molecule has 2 fully saturated rings. The summed E-state index contributed by atoms with van der Waals surface area (Å²) in [6.07, 6.45) is 8.71. The second kappa shape index (κ2) is 8.39. The Balaban J connectivity index is 1.74. The van der Waals surface area contributed by atoms with E-state index in [0.717, 1.165) is 44.9 Å². The van der Waals surface area contributed by atoms with Gasteiger partial charge in [-0.05, 0) is 58.3 Å². The number of hydrogen-bond donors (Lipinski definition) is 4. The normalized spacial score (nSPS) is 31.3. The van der Waals surface area contributed by atoms with Crippen LogP contribution in [0.5, 0.6) is 0 Å². The number of carbonyl (C=O) groups is 1. The molecule has 0 bridgehead atoms. The van der Waals surface area contributed by atoms with Gasteiger partial charge in [-0.3, -0.25) is 4.79 Å². The molecule has 27 heavy (non-hydrogen) atoms. The Morgan fingerprint density at radius 2 is 2.07 bits per heavy atom. The van der Waals surface area contributed by atoms with E-state index in [1.54, 1.807) is 7.11 Å². The summed E-state index contributed by atoms with van der Waals surface area (Å²) in [6, 6.07) is 0.0716. The van der Waals surface area contributed by atoms with E-state index < -0.39 is 5.91 Å². The van der Waals surface area contributed by atoms with Gasteiger partial charge in [0.15, 0.2) is 0 Å². The van der Waals surface area contributed by atoms with Gasteiger partial charge in [0.2, 0.25) is 5.95 Å². The monoisotopic (exact) mass is 377 g/mol. The first-order chi connectivity index (χ1) is 12.9. The van der Waals surface area contributed by atoms with Crippen molar-refractivity contribution in [2.24, 2.45) is 5.73 Å². The van der Waals surface area contributed by atoms with Gasteiger partial charge in [-0.25, -0.2) is 4.98 Å². The fraction of sp³-hybridized carbons (Fsp3) is 0.737. The Morgan fingerprint density at radius 3 is 2.70 bits per heavy atom. The lowest BCUT2D eigenvalue weighted by Gasteiger charge is -2.37. The quantitative estimate of drug-likeness (QED) is 0.598. The second-order valence-electron chi connectivity index (χ2n) is 8.10. The fourth-order valence-electron chi connectivity index (χ4n) is 4.08. The average molecular weight is 377 g/mol. The Hall–Kier alpha value is -1.93. The van der Waals surface area contributed by atoms with Crippen molar-refractivity contribution in [1.29, 1.82) is 0 Å². The maximum Gasteiger partial charge on any atom is 0.254 e. The minimum absolute atomic E-state index is 0.0716. The largest absolute Gasteiger partial charge is 0.393 e. The summed E-state index contributed by atoms with van der Waals surface area (Å²) in [5.74, 6) is 0.359. The minimum atomic E-state index is -0.563. The number of aromatic nitrogens is 2. The number of methoxy groups -OCH3 is 1. The molecule has 1 amide bonds. The molecular weight excluding hydrogens is 346 g/mol. The third-order valence-electron chi connectivity index (χ3n) is 5.82. The summed E-state index contributed by atoms with van der Waals surface area (Å²) < 4.78 is 5.45. The number of carbonyl (C=O) groups excluding carboxylic acids is 1. The molecule has 1 aromatic rings. The van der Waals surface area contributed by atoms with Gasteiger partial charge in [0, 0.05) is 24.9 Å². The molecule has 2 aliphatic rings. The smallest absolute Gasteiger partial charge is 0.254 e. The molecule has 2 atom stereocenters. The number of nitrogens with zero attached hydrogens (tertiary/aromatic N) is 2. The Bertz CT molecular complexity index is 661. The van der Waals surface area contributed by atoms with Crippen LogP contribution in [0.1, 0.15) is 68.6 Å². The average Bonchev–Trinajstić information content (AvgIpc) is 2.62. The topological polar surface area (TPSA) is 122 Å². The molecule has 0 radical (unpaired) electrons. The predicted octanol–water partition coefficient (Wildman–Crippen LogP) is 2.05. The molecule has 0 aromatic carbocycles. The molecule has 5 N–H and O–H groups in total. The van der Waals surface area contributed by atoms with Gasteiger partial charge in [-0.2, -0.15) is 4.98 Å². The number of nitrogens with two attached hydrogens (primary N) is 1. The van der Waals surface area contributed by atoms with Crippen molar-refractivity contribution >= 4 is 17.7 Å². The van der Waals surface area contributed by atoms with Crippen LogP contribution in [-0.2, 0) is 4.74 Å². The molecule has 8 heteroatoms. The lowest BCUT2D eigenvalue weighted by atomic mass is 9.82. The van der Waals surface area contributed by atoms with Crippen LogP contribution in [0, 0.1) is 0 Å². The lowest BCUT2D eigenvalue weighted by Crippen LogP contribution is -2.41. The summed E-state index contributed by atoms with van der Waals surface area (Å²) in [4.78, 5) is 20.6. The van der Waals surface area contributed by atoms with Crippen molar-refractivity contribution < 1.29 is 14.6 Å². The molecular formula is C19H31N5O3. The van der Waals surface area contributed by atoms with Crippen molar-refractivity contribution in [3.63, 3.8) is 0 Å². The summed E-state index contributed by atoms with van der Waals surface area (Å²) >= 11 is 0. The molecule has 1 heterocycles. The Morgan fingerprint density at radius 1 is 1.33 bits per heavy atom. The zero-order valence-electron chi connectivity index (χ0n) is 16.2. The first kappa shape index (κ1) is 19.8. The van der Waals surface area contributed by atoms with Crippen LogP contribution in [0.3, 0.4) is 0 Å². The summed E-state index contributed by atoms with van der Waals surface area (Å²) in [5.41, 5.74) is 5.66. The minimum Gasteiger partial charge on any atom is -0.393 e. The highest BCUT2D eigenvalue weighted by molar-refractivity contribution is 5.97. The third-order valence-corrected chi connectivity index (χ3v) is 5.82. The number of primary amides is 1. The Kier molecular flexibility index (Phi) is 6.16. The zero-order chi connectivity index (χ0) is 19.4. The van der Waals surface area contributed by atoms with Gasteiger partial charge >= 0.3 is 0 Å². The van der Waals surface area contributed by atoms with Crippen LogP contribution < -0.4 is 16.4 Å². The van der Waals surface area contributed by atoms with Gasteiger partial charge < -0.3 is 26.2 Å². The van der Waals surface area contributed by atoms with E-state index in [2.05, 4.69) is 27.5 Å². The van der Waals surface area contributed by atoms with Crippen LogP contribution in [0.25, 0.3) is 0 Å². The molecule has 2 aliphatic carbocycles. The van der Waals surface area contributed by atoms with E-state index in [9.17, 15) is 9.90 Å². The van der Waals surface area contributed by atoms with Crippen molar-refractivity contribution in [2.75, 3.05) is 17.7 Å². The molecule has 0 aliphatic heterocycles. The first-order valence-corrected chi connectivity index (χ1v) is 9.81. The van der Waals surface area contributed by atoms with E-state index >= 15 is 0 Å². The van der Waals surface area contributed by atoms with Gasteiger partial charge in [-0.1, -0.05) is 0 Å². The van der Waals surface area contributed by atoms with Crippen LogP contribution in [0.15, 0.2) is 6.20 Å². The van der Waals surface area contributed by atoms with Crippen molar-refractivity contribution in [3.8, 4) is 0 Å². The van der Waals surface area contributed by atoms with E-state index in [4.69, 9.17) is 10.5 Å². The van der Waals surface area contributed by atoms with E-state index in [0.29, 0.717) is 24.3 Å². The molecule has 2 saturated carbocycles. The number of amides is 1. The van der Waals surface area contributed by atoms with Crippen molar-refractivity contribution in [3.05, 3.63) is 11.8 Å². The zero-order valence-corrected chi connectivity index (χ0v) is 16.2. The SMILES string of the molecule is CO[C@H]1CC[C@](C)(Nc2ncc(C(N)=O)c(N[C@@H]3CCC[C@H](O)C3)n2)CC1. The van der Waals surface area contributed by atoms with Gasteiger partial charge in [0.1, 0.15) is 5.82 Å². The van der Waals surface area contributed by atoms with Crippen LogP contribution >= 0.6 is 0 Å². The number of nitrogens with one attached hydrogen (secondary N) is 2. The number of rotatable bonds is 6. The molecule has 0 spiro atoms. The van der Waals surface area contributed by atoms with Crippen LogP contribution in [0.2, 0.25) is 0 Å². The lowest BCUT2D eigenvalue weighted by molar-refractivity contribution is 0.0563. The fourth-order valence-corrected chi connectivity index (χ4v) is 4.08. The highest BCUT2D eigenvalue weighted by atomic mass is 16.5. The molecule has 1 aromatic heterocycles. The molecule has 0 unspecified atom stereocenters. The molecule has 8 nitrogen and oxygen atoms in total. The number of hydrogen-bond acceptors (Lipinski definition) is 7. The summed E-state index contributed by atoms with van der Waals surface area (Å²) in [6.45, 7) is 2.16. The van der Waals surface area contributed by atoms with E-state index in [-0.39, 0.29) is 23.2 Å². The predicted molar refractivity (Wildman–Crippen MR) is 104 cm³/mol. The maximum absolute atomic E-state index is 11.8. The summed E-state index contributed by atoms with van der Waals surface area (Å²) in [7, 11) is 1.76. The van der Waals surface area contributed by atoms with Crippen LogP contribution in [0.4, 0.5) is 11.8 Å². The van der Waals surface area contributed by atoms with E-state index in [1.807, 2.05) is 0 Å². The number of ether oxygens (including phenoxy) is 1. The van der Waals surface area contributed by atoms with Crippen LogP contribution in [-0.4, -0.2) is 51.9 Å². The maximum atomic E-state index is 11.8. The second-order valence-corrected chi connectivity index (χ2v) is 8.10. The van der Waals surface area contributed by atoms with Crippen molar-refractivity contribution in [2.45, 2.75) is 82.1 Å². The molecule has 3 rings (SSSR count). The standard InChI is InChI=1S/C19H31N5O3/c1-19(8-6-14(27-2)7-9-19)24-18-21-11-15(16(20)26)17(23-18)22-12-4-3-5-13(25)10-12/h11-14,25H,3-10H2,1-2H3,(H2,20,26)(H2,21,22,23,24)/t12-,13+,14-,19-/m1/s1. The number of aliphatic hydroxyl groups excluding tert-OH is 1. The third kappa shape index (κ3) is 5.07. The molecule has 0 saturated heterocycles. The molecule has 150 valence electrons. The van der Waals surface area contributed by atoms with Gasteiger partial charge in [0.05, 0.1) is 17.8 Å².